The molecule has 0 saturated carbocycles. The number of methoxy groups -OCH3 is 1. The Morgan fingerprint density at radius 1 is 1.14 bits per heavy atom. The van der Waals surface area contributed by atoms with Crippen molar-refractivity contribution >= 4 is 49.7 Å². The van der Waals surface area contributed by atoms with Gasteiger partial charge in [-0.1, -0.05) is 47.2 Å². The molecule has 0 aliphatic carbocycles. The van der Waals surface area contributed by atoms with E-state index in [4.69, 9.17) is 4.74 Å². The molecule has 6 nitrogen and oxygen atoms in total. The van der Waals surface area contributed by atoms with Gasteiger partial charge >= 0.3 is 0 Å². The van der Waals surface area contributed by atoms with Crippen LogP contribution in [0.4, 0.5) is 10.8 Å². The number of hydrogen-bond acceptors (Lipinski definition) is 6. The highest BCUT2D eigenvalue weighted by molar-refractivity contribution is 9.10. The highest BCUT2D eigenvalue weighted by atomic mass is 79.9. The molecule has 3 aromatic rings. The van der Waals surface area contributed by atoms with E-state index in [0.29, 0.717) is 27.5 Å². The van der Waals surface area contributed by atoms with Crippen LogP contribution < -0.4 is 10.1 Å². The van der Waals surface area contributed by atoms with Gasteiger partial charge in [0.1, 0.15) is 11.5 Å². The Labute approximate surface area is 174 Å². The Kier molecular flexibility index (Phi) is 4.99. The number of nitrogens with one attached hydrogen (secondary N) is 1. The van der Waals surface area contributed by atoms with Crippen LogP contribution in [0, 0.1) is 0 Å². The van der Waals surface area contributed by atoms with E-state index >= 15 is 0 Å². The Bertz CT molecular complexity index is 1110. The van der Waals surface area contributed by atoms with Crippen LogP contribution in [0.3, 0.4) is 0 Å². The van der Waals surface area contributed by atoms with Gasteiger partial charge < -0.3 is 10.1 Å². The van der Waals surface area contributed by atoms with E-state index in [1.54, 1.807) is 7.11 Å². The zero-order chi connectivity index (χ0) is 19.8. The molecule has 0 spiro atoms. The number of aromatic nitrogens is 2. The summed E-state index contributed by atoms with van der Waals surface area (Å²) < 4.78 is 6.33. The molecule has 4 rings (SSSR count). The van der Waals surface area contributed by atoms with E-state index in [-0.39, 0.29) is 5.91 Å². The van der Waals surface area contributed by atoms with Gasteiger partial charge in [0, 0.05) is 10.0 Å². The molecule has 1 N–H and O–H groups in total. The Morgan fingerprint density at radius 3 is 2.71 bits per heavy atom. The van der Waals surface area contributed by atoms with Crippen LogP contribution in [0.5, 0.6) is 5.75 Å². The third kappa shape index (κ3) is 3.45. The number of amides is 1. The van der Waals surface area contributed by atoms with Gasteiger partial charge in [-0.25, -0.2) is 4.99 Å². The second kappa shape index (κ2) is 7.44. The van der Waals surface area contributed by atoms with Crippen LogP contribution in [0.15, 0.2) is 45.9 Å². The molecule has 1 amide bonds. The molecule has 142 valence electrons. The zero-order valence-corrected chi connectivity index (χ0v) is 17.9. The van der Waals surface area contributed by atoms with Gasteiger partial charge in [-0.3, -0.25) is 4.79 Å². The summed E-state index contributed by atoms with van der Waals surface area (Å²) in [6, 6.07) is 11.6. The molecule has 1 aliphatic heterocycles. The maximum Gasteiger partial charge on any atom is 0.275 e. The molecule has 2 heterocycles. The van der Waals surface area contributed by atoms with Crippen LogP contribution in [0.25, 0.3) is 10.6 Å². The Morgan fingerprint density at radius 2 is 1.96 bits per heavy atom. The lowest BCUT2D eigenvalue weighted by Crippen LogP contribution is -2.13. The summed E-state index contributed by atoms with van der Waals surface area (Å²) in [5, 5.41) is 12.3. The van der Waals surface area contributed by atoms with Crippen molar-refractivity contribution < 1.29 is 9.53 Å². The molecule has 1 aromatic heterocycles. The molecule has 8 heteroatoms. The van der Waals surface area contributed by atoms with E-state index in [2.05, 4.69) is 50.3 Å². The van der Waals surface area contributed by atoms with E-state index in [0.717, 1.165) is 26.9 Å². The van der Waals surface area contributed by atoms with Crippen molar-refractivity contribution in [2.75, 3.05) is 12.4 Å². The number of aliphatic imine (C=N–C) groups is 1. The minimum Gasteiger partial charge on any atom is -0.496 e. The first-order chi connectivity index (χ1) is 13.5. The third-order valence-electron chi connectivity index (χ3n) is 4.44. The number of halogens is 1. The number of anilines is 1. The standard InChI is InChI=1S/C20H17BrN4O2S/c1-10(2)11-4-6-15-13(8-11)17(18(26)22-15)23-20-25-24-19(28-20)14-9-12(21)5-7-16(14)27-3/h4-10H,1-3H3,(H,22,23,25,26). The van der Waals surface area contributed by atoms with Crippen molar-refractivity contribution in [1.82, 2.24) is 10.2 Å². The van der Waals surface area contributed by atoms with Crippen molar-refractivity contribution in [2.45, 2.75) is 19.8 Å². The van der Waals surface area contributed by atoms with Gasteiger partial charge in [0.2, 0.25) is 5.13 Å². The Balaban J connectivity index is 1.74. The van der Waals surface area contributed by atoms with Gasteiger partial charge in [-0.15, -0.1) is 10.2 Å². The number of benzene rings is 2. The molecule has 1 aliphatic rings. The summed E-state index contributed by atoms with van der Waals surface area (Å²) in [6.07, 6.45) is 0. The predicted octanol–water partition coefficient (Wildman–Crippen LogP) is 5.17. The first kappa shape index (κ1) is 18.8. The number of fused-ring (bicyclic) bond motifs is 1. The van der Waals surface area contributed by atoms with Crippen LogP contribution in [0.1, 0.15) is 30.9 Å². The van der Waals surface area contributed by atoms with Gasteiger partial charge in [0.05, 0.1) is 18.4 Å². The van der Waals surface area contributed by atoms with E-state index in [9.17, 15) is 4.79 Å². The lowest BCUT2D eigenvalue weighted by Gasteiger charge is -2.06. The van der Waals surface area contributed by atoms with E-state index in [1.807, 2.05) is 36.4 Å². The van der Waals surface area contributed by atoms with Crippen molar-refractivity contribution in [3.63, 3.8) is 0 Å². The smallest absolute Gasteiger partial charge is 0.275 e. The van der Waals surface area contributed by atoms with Crippen LogP contribution in [-0.2, 0) is 4.79 Å². The topological polar surface area (TPSA) is 76.5 Å². The van der Waals surface area contributed by atoms with E-state index < -0.39 is 0 Å². The average molecular weight is 457 g/mol. The van der Waals surface area contributed by atoms with Crippen molar-refractivity contribution in [1.29, 1.82) is 0 Å². The number of hydrogen-bond donors (Lipinski definition) is 1. The normalized spacial score (nSPS) is 14.5. The molecular weight excluding hydrogens is 440 g/mol. The molecule has 0 unspecified atom stereocenters. The van der Waals surface area contributed by atoms with Crippen LogP contribution >= 0.6 is 27.3 Å². The quantitative estimate of drug-likeness (QED) is 0.586. The lowest BCUT2D eigenvalue weighted by atomic mass is 9.99. The maximum absolute atomic E-state index is 12.4. The summed E-state index contributed by atoms with van der Waals surface area (Å²) in [4.78, 5) is 16.9. The zero-order valence-electron chi connectivity index (χ0n) is 15.5. The fraction of sp³-hybridized carbons (Fsp3) is 0.200. The molecule has 0 fully saturated rings. The fourth-order valence-corrected chi connectivity index (χ4v) is 4.06. The van der Waals surface area contributed by atoms with Gasteiger partial charge in [0.15, 0.2) is 5.01 Å². The molecule has 0 radical (unpaired) electrons. The first-order valence-corrected chi connectivity index (χ1v) is 10.3. The van der Waals surface area contributed by atoms with E-state index in [1.165, 1.54) is 11.3 Å². The molecule has 0 bridgehead atoms. The summed E-state index contributed by atoms with van der Waals surface area (Å²) >= 11 is 4.77. The average Bonchev–Trinajstić information content (AvgIpc) is 3.26. The maximum atomic E-state index is 12.4. The number of carbonyl (C=O) groups is 1. The minimum atomic E-state index is -0.229. The minimum absolute atomic E-state index is 0.229. The molecule has 0 saturated heterocycles. The highest BCUT2D eigenvalue weighted by Crippen LogP contribution is 2.37. The highest BCUT2D eigenvalue weighted by Gasteiger charge is 2.27. The van der Waals surface area contributed by atoms with Crippen LogP contribution in [0.2, 0.25) is 0 Å². The van der Waals surface area contributed by atoms with Crippen molar-refractivity contribution in [3.05, 3.63) is 52.0 Å². The largest absolute Gasteiger partial charge is 0.496 e. The number of ether oxygens (including phenoxy) is 1. The fourth-order valence-electron chi connectivity index (χ4n) is 2.95. The summed E-state index contributed by atoms with van der Waals surface area (Å²) in [5.41, 5.74) is 3.90. The van der Waals surface area contributed by atoms with Crippen molar-refractivity contribution in [3.8, 4) is 16.3 Å². The van der Waals surface area contributed by atoms with Gasteiger partial charge in [-0.05, 0) is 41.8 Å². The van der Waals surface area contributed by atoms with Crippen LogP contribution in [-0.4, -0.2) is 28.9 Å². The lowest BCUT2D eigenvalue weighted by molar-refractivity contribution is -0.110. The second-order valence-electron chi connectivity index (χ2n) is 6.61. The summed E-state index contributed by atoms with van der Waals surface area (Å²) in [7, 11) is 1.61. The second-order valence-corrected chi connectivity index (χ2v) is 8.48. The number of nitrogens with zero attached hydrogens (tertiary/aromatic N) is 3. The molecule has 2 aromatic carbocycles. The predicted molar refractivity (Wildman–Crippen MR) is 115 cm³/mol. The summed E-state index contributed by atoms with van der Waals surface area (Å²) in [5.74, 6) is 0.830. The third-order valence-corrected chi connectivity index (χ3v) is 5.79. The Hall–Kier alpha value is -2.58. The number of carbonyl (C=O) groups excluding carboxylic acids is 1. The van der Waals surface area contributed by atoms with Gasteiger partial charge in [0.25, 0.3) is 5.91 Å². The number of rotatable bonds is 4. The van der Waals surface area contributed by atoms with Crippen molar-refractivity contribution in [2.24, 2.45) is 4.99 Å². The monoisotopic (exact) mass is 456 g/mol. The first-order valence-electron chi connectivity index (χ1n) is 8.68. The summed E-state index contributed by atoms with van der Waals surface area (Å²) in [6.45, 7) is 4.23. The van der Waals surface area contributed by atoms with Gasteiger partial charge in [-0.2, -0.15) is 0 Å². The molecule has 28 heavy (non-hydrogen) atoms. The molecular formula is C20H17BrN4O2S. The SMILES string of the molecule is COc1ccc(Br)cc1-c1nnc(/N=C2/C(=O)Nc3ccc(C(C)C)cc32)s1. The molecule has 0 atom stereocenters.